The van der Waals surface area contributed by atoms with Gasteiger partial charge in [-0.15, -0.1) is 0 Å². The zero-order valence-electron chi connectivity index (χ0n) is 15.1. The lowest BCUT2D eigenvalue weighted by molar-refractivity contribution is -0.145. The van der Waals surface area contributed by atoms with Gasteiger partial charge in [0, 0.05) is 10.6 Å². The quantitative estimate of drug-likeness (QED) is 0.578. The zero-order chi connectivity index (χ0) is 19.4. The van der Waals surface area contributed by atoms with Gasteiger partial charge in [0.25, 0.3) is 0 Å². The second-order valence-corrected chi connectivity index (χ2v) is 6.31. The lowest BCUT2D eigenvalue weighted by Crippen LogP contribution is -2.18. The summed E-state index contributed by atoms with van der Waals surface area (Å²) in [5, 5.41) is 0.967. The molecule has 0 atom stereocenters. The van der Waals surface area contributed by atoms with Crippen LogP contribution in [-0.4, -0.2) is 19.2 Å². The second-order valence-electron chi connectivity index (χ2n) is 5.87. The molecule has 0 N–H and O–H groups in total. The molecule has 0 bridgehead atoms. The number of fused-ring (bicyclic) bond motifs is 1. The third-order valence-corrected chi connectivity index (χ3v) is 4.32. The summed E-state index contributed by atoms with van der Waals surface area (Å²) in [6, 6.07) is 12.3. The van der Waals surface area contributed by atoms with Crippen molar-refractivity contribution in [3.63, 3.8) is 0 Å². The van der Waals surface area contributed by atoms with Crippen LogP contribution in [0.3, 0.4) is 0 Å². The Morgan fingerprint density at radius 3 is 2.52 bits per heavy atom. The number of hydrogen-bond donors (Lipinski definition) is 0. The van der Waals surface area contributed by atoms with Gasteiger partial charge in [0.1, 0.15) is 5.58 Å². The predicted molar refractivity (Wildman–Crippen MR) is 104 cm³/mol. The first-order valence-corrected chi connectivity index (χ1v) is 9.05. The standard InChI is InChI=1S/C21H19ClO5/c1-3-13-5-10-17-16(11-13)19(24)21(26-12-18(23)25-4-2)20(27-17)14-6-8-15(22)9-7-14/h5-11H,3-4,12H2,1-2H3. The predicted octanol–water partition coefficient (Wildman–Crippen LogP) is 4.62. The van der Waals surface area contributed by atoms with Crippen molar-refractivity contribution in [2.75, 3.05) is 13.2 Å². The van der Waals surface area contributed by atoms with Gasteiger partial charge >= 0.3 is 5.97 Å². The van der Waals surface area contributed by atoms with Crippen molar-refractivity contribution in [3.05, 3.63) is 63.3 Å². The fourth-order valence-electron chi connectivity index (χ4n) is 2.70. The van der Waals surface area contributed by atoms with Crippen LogP contribution >= 0.6 is 11.6 Å². The minimum atomic E-state index is -0.554. The molecule has 27 heavy (non-hydrogen) atoms. The third kappa shape index (κ3) is 4.14. The average Bonchev–Trinajstić information content (AvgIpc) is 2.67. The first-order valence-electron chi connectivity index (χ1n) is 8.67. The summed E-state index contributed by atoms with van der Waals surface area (Å²) in [5.41, 5.74) is 1.74. The Hall–Kier alpha value is -2.79. The van der Waals surface area contributed by atoms with E-state index in [2.05, 4.69) is 0 Å². The molecule has 3 aromatic rings. The Morgan fingerprint density at radius 1 is 1.11 bits per heavy atom. The molecule has 0 saturated carbocycles. The summed E-state index contributed by atoms with van der Waals surface area (Å²) < 4.78 is 16.4. The van der Waals surface area contributed by atoms with E-state index in [9.17, 15) is 9.59 Å². The van der Waals surface area contributed by atoms with Gasteiger partial charge in [0.05, 0.1) is 12.0 Å². The van der Waals surface area contributed by atoms with Crippen molar-refractivity contribution in [1.82, 2.24) is 0 Å². The van der Waals surface area contributed by atoms with Gasteiger partial charge < -0.3 is 13.9 Å². The number of benzene rings is 2. The first kappa shape index (κ1) is 19.0. The summed E-state index contributed by atoms with van der Waals surface area (Å²) in [7, 11) is 0. The Balaban J connectivity index is 2.15. The largest absolute Gasteiger partial charge is 0.474 e. The maximum atomic E-state index is 13.1. The van der Waals surface area contributed by atoms with E-state index in [1.807, 2.05) is 13.0 Å². The Morgan fingerprint density at radius 2 is 1.85 bits per heavy atom. The van der Waals surface area contributed by atoms with Crippen molar-refractivity contribution in [2.24, 2.45) is 0 Å². The summed E-state index contributed by atoms with van der Waals surface area (Å²) in [5.74, 6) is -0.329. The number of hydrogen-bond acceptors (Lipinski definition) is 5. The number of carbonyl (C=O) groups is 1. The topological polar surface area (TPSA) is 65.7 Å². The molecule has 0 unspecified atom stereocenters. The van der Waals surface area contributed by atoms with Gasteiger partial charge in [-0.2, -0.15) is 0 Å². The Bertz CT molecular complexity index is 1020. The molecular weight excluding hydrogens is 368 g/mol. The van der Waals surface area contributed by atoms with Crippen molar-refractivity contribution >= 4 is 28.5 Å². The molecule has 2 aromatic carbocycles. The van der Waals surface area contributed by atoms with E-state index in [4.69, 9.17) is 25.5 Å². The zero-order valence-corrected chi connectivity index (χ0v) is 15.8. The SMILES string of the molecule is CCOC(=O)COc1c(-c2ccc(Cl)cc2)oc2ccc(CC)cc2c1=O. The molecule has 0 radical (unpaired) electrons. The lowest BCUT2D eigenvalue weighted by Gasteiger charge is -2.12. The molecule has 3 rings (SSSR count). The molecule has 0 fully saturated rings. The van der Waals surface area contributed by atoms with Crippen molar-refractivity contribution in [2.45, 2.75) is 20.3 Å². The molecule has 1 aromatic heterocycles. The van der Waals surface area contributed by atoms with E-state index in [-0.39, 0.29) is 30.2 Å². The Labute approximate surface area is 161 Å². The number of carbonyl (C=O) groups excluding carboxylic acids is 1. The number of esters is 1. The van der Waals surface area contributed by atoms with Crippen LogP contribution in [0, 0.1) is 0 Å². The molecule has 0 aliphatic heterocycles. The summed E-state index contributed by atoms with van der Waals surface area (Å²) in [6.07, 6.45) is 0.785. The maximum absolute atomic E-state index is 13.1. The summed E-state index contributed by atoms with van der Waals surface area (Å²) in [6.45, 7) is 3.56. The van der Waals surface area contributed by atoms with Crippen molar-refractivity contribution in [1.29, 1.82) is 0 Å². The fraction of sp³-hybridized carbons (Fsp3) is 0.238. The minimum Gasteiger partial charge on any atom is -0.474 e. The van der Waals surface area contributed by atoms with Gasteiger partial charge in [0.15, 0.2) is 12.4 Å². The van der Waals surface area contributed by atoms with E-state index in [0.29, 0.717) is 21.6 Å². The normalized spacial score (nSPS) is 10.8. The maximum Gasteiger partial charge on any atom is 0.344 e. The highest BCUT2D eigenvalue weighted by Crippen LogP contribution is 2.32. The highest BCUT2D eigenvalue weighted by atomic mass is 35.5. The van der Waals surface area contributed by atoms with E-state index in [1.165, 1.54) is 0 Å². The van der Waals surface area contributed by atoms with Gasteiger partial charge in [-0.3, -0.25) is 4.79 Å². The van der Waals surface area contributed by atoms with Crippen molar-refractivity contribution in [3.8, 4) is 17.1 Å². The first-order chi connectivity index (χ1) is 13.0. The monoisotopic (exact) mass is 386 g/mol. The van der Waals surface area contributed by atoms with Crippen LogP contribution in [0.5, 0.6) is 5.75 Å². The van der Waals surface area contributed by atoms with Crippen LogP contribution < -0.4 is 10.2 Å². The number of halogens is 1. The average molecular weight is 387 g/mol. The lowest BCUT2D eigenvalue weighted by atomic mass is 10.1. The van der Waals surface area contributed by atoms with E-state index >= 15 is 0 Å². The minimum absolute atomic E-state index is 0.0221. The number of aryl methyl sites for hydroxylation is 1. The summed E-state index contributed by atoms with van der Waals surface area (Å²) in [4.78, 5) is 24.8. The molecular formula is C21H19ClO5. The van der Waals surface area contributed by atoms with Crippen LogP contribution in [0.1, 0.15) is 19.4 Å². The molecule has 0 saturated heterocycles. The van der Waals surface area contributed by atoms with Crippen molar-refractivity contribution < 1.29 is 18.7 Å². The van der Waals surface area contributed by atoms with Gasteiger partial charge in [-0.05, 0) is 55.3 Å². The molecule has 0 aliphatic rings. The van der Waals surface area contributed by atoms with Gasteiger partial charge in [-0.1, -0.05) is 24.6 Å². The smallest absolute Gasteiger partial charge is 0.344 e. The van der Waals surface area contributed by atoms with Crippen LogP contribution in [0.2, 0.25) is 5.02 Å². The van der Waals surface area contributed by atoms with Crippen LogP contribution in [0.25, 0.3) is 22.3 Å². The van der Waals surface area contributed by atoms with E-state index in [0.717, 1.165) is 12.0 Å². The molecule has 0 amide bonds. The van der Waals surface area contributed by atoms with Crippen LogP contribution in [0.15, 0.2) is 51.7 Å². The van der Waals surface area contributed by atoms with Gasteiger partial charge in [0.2, 0.25) is 11.2 Å². The number of rotatable bonds is 6. The molecule has 5 nitrogen and oxygen atoms in total. The molecule has 1 heterocycles. The third-order valence-electron chi connectivity index (χ3n) is 4.07. The summed E-state index contributed by atoms with van der Waals surface area (Å²) >= 11 is 5.95. The molecule has 0 aliphatic carbocycles. The number of ether oxygens (including phenoxy) is 2. The molecule has 0 spiro atoms. The van der Waals surface area contributed by atoms with Gasteiger partial charge in [-0.25, -0.2) is 4.79 Å². The highest BCUT2D eigenvalue weighted by Gasteiger charge is 2.19. The van der Waals surface area contributed by atoms with E-state index in [1.54, 1.807) is 43.3 Å². The van der Waals surface area contributed by atoms with Crippen LogP contribution in [0.4, 0.5) is 0 Å². The van der Waals surface area contributed by atoms with E-state index < -0.39 is 5.97 Å². The fourth-order valence-corrected chi connectivity index (χ4v) is 2.83. The highest BCUT2D eigenvalue weighted by molar-refractivity contribution is 6.30. The molecule has 6 heteroatoms. The van der Waals surface area contributed by atoms with Crippen LogP contribution in [-0.2, 0) is 16.0 Å². The molecule has 140 valence electrons. The Kier molecular flexibility index (Phi) is 5.81. The second kappa shape index (κ2) is 8.27.